The third kappa shape index (κ3) is 1.04. The van der Waals surface area contributed by atoms with Crippen LogP contribution >= 0.6 is 0 Å². The van der Waals surface area contributed by atoms with Gasteiger partial charge in [-0.05, 0) is 0 Å². The molecule has 2 aromatic rings. The fourth-order valence-corrected chi connectivity index (χ4v) is 2.08. The summed E-state index contributed by atoms with van der Waals surface area (Å²) in [6, 6.07) is 5.79. The van der Waals surface area contributed by atoms with Gasteiger partial charge < -0.3 is 0 Å². The van der Waals surface area contributed by atoms with Crippen molar-refractivity contribution in [3.63, 3.8) is 0 Å². The Morgan fingerprint density at radius 3 is 3.09 bits per heavy atom. The molecule has 0 saturated heterocycles. The van der Waals surface area contributed by atoms with Gasteiger partial charge in [-0.25, -0.2) is 0 Å². The summed E-state index contributed by atoms with van der Waals surface area (Å²) in [4.78, 5) is 0. The van der Waals surface area contributed by atoms with Crippen LogP contribution in [0.2, 0.25) is 0 Å². The quantitative estimate of drug-likeness (QED) is 0.654. The topological polar surface area (TPSA) is 35.0 Å². The molecule has 0 spiro atoms. The van der Waals surface area contributed by atoms with E-state index in [0.29, 0.717) is 0 Å². The Morgan fingerprint density at radius 1 is 1.36 bits per heavy atom. The molecule has 0 N–H and O–H groups in total. The SMILES string of the molecule is COc1cccc2n[se]nc12. The molecular formula is C7H6N2OSe. The monoisotopic (exact) mass is 214 g/mol. The van der Waals surface area contributed by atoms with Crippen LogP contribution in [-0.4, -0.2) is 30.0 Å². The Bertz CT molecular complexity index is 371. The Morgan fingerprint density at radius 2 is 2.27 bits per heavy atom. The number of aromatic nitrogens is 2. The van der Waals surface area contributed by atoms with E-state index in [2.05, 4.69) is 7.96 Å². The van der Waals surface area contributed by atoms with Crippen molar-refractivity contribution in [1.29, 1.82) is 0 Å². The van der Waals surface area contributed by atoms with Crippen LogP contribution in [-0.2, 0) is 0 Å². The number of hydrogen-bond donors (Lipinski definition) is 0. The Hall–Kier alpha value is -0.861. The number of fused-ring (bicyclic) bond motifs is 1. The van der Waals surface area contributed by atoms with Gasteiger partial charge in [0, 0.05) is 0 Å². The summed E-state index contributed by atoms with van der Waals surface area (Å²) in [5, 5.41) is 0. The molecule has 1 heterocycles. The molecule has 11 heavy (non-hydrogen) atoms. The van der Waals surface area contributed by atoms with Gasteiger partial charge in [-0.2, -0.15) is 0 Å². The van der Waals surface area contributed by atoms with E-state index in [1.54, 1.807) is 7.11 Å². The van der Waals surface area contributed by atoms with Crippen molar-refractivity contribution in [2.24, 2.45) is 0 Å². The summed E-state index contributed by atoms with van der Waals surface area (Å²) in [7, 11) is 1.65. The number of hydrogen-bond acceptors (Lipinski definition) is 3. The summed E-state index contributed by atoms with van der Waals surface area (Å²) in [5.41, 5.74) is 1.87. The van der Waals surface area contributed by atoms with Crippen molar-refractivity contribution in [1.82, 2.24) is 7.96 Å². The molecule has 3 nitrogen and oxygen atoms in total. The minimum absolute atomic E-state index is 0.0387. The molecule has 0 saturated carbocycles. The molecule has 0 atom stereocenters. The first-order valence-electron chi connectivity index (χ1n) is 3.17. The maximum absolute atomic E-state index is 5.11. The van der Waals surface area contributed by atoms with E-state index in [-0.39, 0.29) is 15.0 Å². The number of rotatable bonds is 1. The van der Waals surface area contributed by atoms with E-state index in [4.69, 9.17) is 4.74 Å². The Kier molecular flexibility index (Phi) is 1.64. The molecule has 0 aliphatic rings. The van der Waals surface area contributed by atoms with Gasteiger partial charge in [0.1, 0.15) is 0 Å². The minimum atomic E-state index is 0.0387. The molecule has 0 radical (unpaired) electrons. The molecule has 1 aromatic carbocycles. The number of methoxy groups -OCH3 is 1. The summed E-state index contributed by atoms with van der Waals surface area (Å²) in [6.45, 7) is 0. The molecule has 2 rings (SSSR count). The van der Waals surface area contributed by atoms with Crippen LogP contribution in [0.3, 0.4) is 0 Å². The van der Waals surface area contributed by atoms with Crippen LogP contribution < -0.4 is 4.74 Å². The van der Waals surface area contributed by atoms with E-state index in [1.165, 1.54) is 0 Å². The summed E-state index contributed by atoms with van der Waals surface area (Å²) in [5.74, 6) is 0.825. The zero-order valence-corrected chi connectivity index (χ0v) is 7.66. The van der Waals surface area contributed by atoms with Gasteiger partial charge in [-0.15, -0.1) is 0 Å². The average Bonchev–Trinajstić information content (AvgIpc) is 2.50. The van der Waals surface area contributed by atoms with Crippen molar-refractivity contribution in [3.05, 3.63) is 18.2 Å². The fourth-order valence-electron chi connectivity index (χ4n) is 0.946. The number of ether oxygens (including phenoxy) is 1. The molecule has 0 aliphatic heterocycles. The molecule has 0 fully saturated rings. The molecule has 0 unspecified atom stereocenters. The van der Waals surface area contributed by atoms with Crippen molar-refractivity contribution < 1.29 is 4.74 Å². The van der Waals surface area contributed by atoms with E-state index < -0.39 is 0 Å². The van der Waals surface area contributed by atoms with Gasteiger partial charge in [0.15, 0.2) is 0 Å². The first-order valence-corrected chi connectivity index (χ1v) is 4.70. The first kappa shape index (κ1) is 6.83. The molecule has 1 aromatic heterocycles. The van der Waals surface area contributed by atoms with E-state index >= 15 is 0 Å². The van der Waals surface area contributed by atoms with Crippen molar-refractivity contribution in [2.45, 2.75) is 0 Å². The van der Waals surface area contributed by atoms with Gasteiger partial charge >= 0.3 is 69.7 Å². The Labute approximate surface area is 70.2 Å². The molecule has 0 amide bonds. The van der Waals surface area contributed by atoms with Crippen molar-refractivity contribution in [3.8, 4) is 5.75 Å². The van der Waals surface area contributed by atoms with Gasteiger partial charge in [0.25, 0.3) is 0 Å². The number of nitrogens with zero attached hydrogens (tertiary/aromatic N) is 2. The number of benzene rings is 1. The second-order valence-electron chi connectivity index (χ2n) is 2.09. The van der Waals surface area contributed by atoms with Gasteiger partial charge in [-0.1, -0.05) is 0 Å². The van der Waals surface area contributed by atoms with E-state index in [1.807, 2.05) is 18.2 Å². The van der Waals surface area contributed by atoms with Crippen LogP contribution in [0.15, 0.2) is 18.2 Å². The standard InChI is InChI=1S/C7H6N2OSe/c1-10-6-4-2-3-5-7(6)9-11-8-5/h2-4H,1H3. The molecule has 4 heteroatoms. The second-order valence-corrected chi connectivity index (χ2v) is 3.20. The van der Waals surface area contributed by atoms with E-state index in [0.717, 1.165) is 16.8 Å². The van der Waals surface area contributed by atoms with Crippen LogP contribution in [0.25, 0.3) is 11.0 Å². The first-order chi connectivity index (χ1) is 5.42. The van der Waals surface area contributed by atoms with Gasteiger partial charge in [-0.3, -0.25) is 0 Å². The zero-order chi connectivity index (χ0) is 7.68. The average molecular weight is 213 g/mol. The normalized spacial score (nSPS) is 10.3. The van der Waals surface area contributed by atoms with Gasteiger partial charge in [0.2, 0.25) is 0 Å². The fraction of sp³-hybridized carbons (Fsp3) is 0.143. The summed E-state index contributed by atoms with van der Waals surface area (Å²) >= 11 is 0.0387. The van der Waals surface area contributed by atoms with Crippen molar-refractivity contribution in [2.75, 3.05) is 7.11 Å². The van der Waals surface area contributed by atoms with Crippen LogP contribution in [0.5, 0.6) is 5.75 Å². The Balaban J connectivity index is 2.79. The molecule has 0 bridgehead atoms. The molecular weight excluding hydrogens is 207 g/mol. The third-order valence-corrected chi connectivity index (χ3v) is 2.61. The van der Waals surface area contributed by atoms with Gasteiger partial charge in [0.05, 0.1) is 0 Å². The third-order valence-electron chi connectivity index (χ3n) is 1.47. The summed E-state index contributed by atoms with van der Waals surface area (Å²) < 4.78 is 13.6. The van der Waals surface area contributed by atoms with E-state index in [9.17, 15) is 0 Å². The van der Waals surface area contributed by atoms with Crippen molar-refractivity contribution >= 4 is 26.0 Å². The predicted molar refractivity (Wildman–Crippen MR) is 43.0 cm³/mol. The van der Waals surface area contributed by atoms with Crippen LogP contribution in [0, 0.1) is 0 Å². The molecule has 56 valence electrons. The van der Waals surface area contributed by atoms with Crippen LogP contribution in [0.4, 0.5) is 0 Å². The second kappa shape index (κ2) is 2.64. The zero-order valence-electron chi connectivity index (χ0n) is 5.94. The maximum atomic E-state index is 5.11. The van der Waals surface area contributed by atoms with Crippen LogP contribution in [0.1, 0.15) is 0 Å². The summed E-state index contributed by atoms with van der Waals surface area (Å²) in [6.07, 6.45) is 0. The predicted octanol–water partition coefficient (Wildman–Crippen LogP) is 0.695. The molecule has 0 aliphatic carbocycles.